The topological polar surface area (TPSA) is 80.7 Å². The third kappa shape index (κ3) is 18.8. The van der Waals surface area contributed by atoms with Crippen LogP contribution in [-0.2, 0) is 19.1 Å². The van der Waals surface area contributed by atoms with E-state index < -0.39 is 17.9 Å². The fourth-order valence-corrected chi connectivity index (χ4v) is 0.446. The normalized spacial score (nSPS) is 7.80. The molecule has 0 aromatic heterocycles. The summed E-state index contributed by atoms with van der Waals surface area (Å²) in [5.74, 6) is -1.99. The lowest BCUT2D eigenvalue weighted by molar-refractivity contribution is -0.158. The highest BCUT2D eigenvalue weighted by atomic mass is 16.6. The molecule has 0 heterocycles. The van der Waals surface area contributed by atoms with Crippen LogP contribution in [0.25, 0.3) is 0 Å². The summed E-state index contributed by atoms with van der Waals surface area (Å²) < 4.78 is 4.31. The predicted octanol–water partition coefficient (Wildman–Crippen LogP) is 1.30. The first-order valence-corrected chi connectivity index (χ1v) is 4.08. The summed E-state index contributed by atoms with van der Waals surface area (Å²) in [7, 11) is 0. The molecule has 5 heteroatoms. The van der Waals surface area contributed by atoms with E-state index in [1.165, 1.54) is 12.2 Å². The van der Waals surface area contributed by atoms with Crippen molar-refractivity contribution >= 4 is 17.9 Å². The van der Waals surface area contributed by atoms with Crippen molar-refractivity contribution in [2.45, 2.75) is 19.8 Å². The number of ether oxygens (including phenoxy) is 1. The zero-order valence-corrected chi connectivity index (χ0v) is 8.56. The molecule has 0 aromatic carbocycles. The summed E-state index contributed by atoms with van der Waals surface area (Å²) in [6.45, 7) is 7.73. The van der Waals surface area contributed by atoms with Gasteiger partial charge >= 0.3 is 11.9 Å². The monoisotopic (exact) mass is 214 g/mol. The molecular weight excluding hydrogens is 200 g/mol. The molecule has 0 aliphatic carbocycles. The van der Waals surface area contributed by atoms with Crippen molar-refractivity contribution < 1.29 is 24.2 Å². The molecule has 5 nitrogen and oxygen atoms in total. The number of carbonyl (C=O) groups is 3. The predicted molar refractivity (Wildman–Crippen MR) is 54.0 cm³/mol. The first-order valence-electron chi connectivity index (χ1n) is 4.08. The zero-order chi connectivity index (χ0) is 12.3. The van der Waals surface area contributed by atoms with Gasteiger partial charge in [0.2, 0.25) is 0 Å². The first-order chi connectivity index (χ1) is 6.93. The second-order valence-corrected chi connectivity index (χ2v) is 2.35. The van der Waals surface area contributed by atoms with E-state index in [1.807, 2.05) is 0 Å². The molecule has 0 atom stereocenters. The molecule has 15 heavy (non-hydrogen) atoms. The van der Waals surface area contributed by atoms with Crippen molar-refractivity contribution in [1.29, 1.82) is 0 Å². The Kier molecular flexibility index (Phi) is 10.6. The number of esters is 2. The Bertz CT molecular complexity index is 231. The number of carboxylic acid groups (broad SMARTS) is 1. The minimum Gasteiger partial charge on any atom is -0.481 e. The molecular formula is C10H14O5. The smallest absolute Gasteiger partial charge is 0.317 e. The van der Waals surface area contributed by atoms with Crippen LogP contribution in [0.3, 0.4) is 0 Å². The van der Waals surface area contributed by atoms with E-state index in [0.717, 1.165) is 6.92 Å². The zero-order valence-electron chi connectivity index (χ0n) is 8.56. The second-order valence-electron chi connectivity index (χ2n) is 2.35. The Hall–Kier alpha value is -1.91. The van der Waals surface area contributed by atoms with Crippen molar-refractivity contribution in [3.8, 4) is 0 Å². The maximum absolute atomic E-state index is 10.6. The highest BCUT2D eigenvalue weighted by molar-refractivity contribution is 5.86. The van der Waals surface area contributed by atoms with E-state index in [0.29, 0.717) is 0 Å². The molecule has 0 rings (SSSR count). The summed E-state index contributed by atoms with van der Waals surface area (Å²) in [5, 5.41) is 7.42. The molecule has 84 valence electrons. The van der Waals surface area contributed by atoms with Gasteiger partial charge in [0, 0.05) is 6.92 Å². The Morgan fingerprint density at radius 3 is 1.60 bits per heavy atom. The molecule has 0 amide bonds. The number of hydrogen-bond donors (Lipinski definition) is 1. The van der Waals surface area contributed by atoms with Crippen LogP contribution in [0.4, 0.5) is 0 Å². The molecule has 1 N–H and O–H groups in total. The van der Waals surface area contributed by atoms with E-state index >= 15 is 0 Å². The molecule has 0 saturated heterocycles. The average Bonchev–Trinajstić information content (AvgIpc) is 2.03. The fourth-order valence-electron chi connectivity index (χ4n) is 0.446. The van der Waals surface area contributed by atoms with Gasteiger partial charge in [0.25, 0.3) is 5.97 Å². The maximum Gasteiger partial charge on any atom is 0.317 e. The molecule has 0 unspecified atom stereocenters. The van der Waals surface area contributed by atoms with Crippen molar-refractivity contribution in [3.63, 3.8) is 0 Å². The van der Waals surface area contributed by atoms with E-state index in [-0.39, 0.29) is 12.8 Å². The summed E-state index contributed by atoms with van der Waals surface area (Å²) >= 11 is 0. The summed E-state index contributed by atoms with van der Waals surface area (Å²) in [6, 6.07) is 0. The lowest BCUT2D eigenvalue weighted by Crippen LogP contribution is -2.09. The minimum atomic E-state index is -0.833. The summed E-state index contributed by atoms with van der Waals surface area (Å²) in [6.07, 6.45) is 2.87. The van der Waals surface area contributed by atoms with Crippen LogP contribution in [0.2, 0.25) is 0 Å². The molecule has 0 bridgehead atoms. The summed E-state index contributed by atoms with van der Waals surface area (Å²) in [5.41, 5.74) is 0. The van der Waals surface area contributed by atoms with Crippen LogP contribution < -0.4 is 0 Å². The van der Waals surface area contributed by atoms with Gasteiger partial charge in [-0.3, -0.25) is 14.4 Å². The number of carbonyl (C=O) groups excluding carboxylic acids is 2. The van der Waals surface area contributed by atoms with Gasteiger partial charge in [0.1, 0.15) is 0 Å². The Labute approximate surface area is 88.0 Å². The Balaban J connectivity index is 0. The number of hydrogen-bond acceptors (Lipinski definition) is 4. The van der Waals surface area contributed by atoms with Crippen molar-refractivity contribution in [1.82, 2.24) is 0 Å². The third-order valence-corrected chi connectivity index (χ3v) is 0.850. The lowest BCUT2D eigenvalue weighted by atomic mass is 10.4. The van der Waals surface area contributed by atoms with Gasteiger partial charge in [-0.25, -0.2) is 0 Å². The SMILES string of the molecule is C=CCC(=O)OC(=O)CC=C.CC(=O)O. The van der Waals surface area contributed by atoms with Gasteiger partial charge in [-0.1, -0.05) is 12.2 Å². The van der Waals surface area contributed by atoms with Gasteiger partial charge in [-0.2, -0.15) is 0 Å². The second kappa shape index (κ2) is 10.2. The van der Waals surface area contributed by atoms with Crippen LogP contribution in [0, 0.1) is 0 Å². The van der Waals surface area contributed by atoms with E-state index in [4.69, 9.17) is 9.90 Å². The van der Waals surface area contributed by atoms with Crippen molar-refractivity contribution in [2.24, 2.45) is 0 Å². The lowest BCUT2D eigenvalue weighted by Gasteiger charge is -1.96. The maximum atomic E-state index is 10.6. The molecule has 0 aliphatic heterocycles. The summed E-state index contributed by atoms with van der Waals surface area (Å²) in [4.78, 5) is 30.2. The quantitative estimate of drug-likeness (QED) is 0.433. The van der Waals surface area contributed by atoms with Gasteiger partial charge in [0.05, 0.1) is 12.8 Å². The van der Waals surface area contributed by atoms with Crippen molar-refractivity contribution in [3.05, 3.63) is 25.3 Å². The first kappa shape index (κ1) is 15.6. The van der Waals surface area contributed by atoms with Crippen molar-refractivity contribution in [2.75, 3.05) is 0 Å². The number of carboxylic acids is 1. The van der Waals surface area contributed by atoms with Gasteiger partial charge in [0.15, 0.2) is 0 Å². The van der Waals surface area contributed by atoms with Gasteiger partial charge < -0.3 is 9.84 Å². The van der Waals surface area contributed by atoms with Crippen LogP contribution in [0.5, 0.6) is 0 Å². The van der Waals surface area contributed by atoms with E-state index in [9.17, 15) is 9.59 Å². The number of aliphatic carboxylic acids is 1. The Morgan fingerprint density at radius 2 is 1.40 bits per heavy atom. The van der Waals surface area contributed by atoms with Crippen LogP contribution in [-0.4, -0.2) is 23.0 Å². The fraction of sp³-hybridized carbons (Fsp3) is 0.300. The van der Waals surface area contributed by atoms with Crippen LogP contribution in [0.15, 0.2) is 25.3 Å². The highest BCUT2D eigenvalue weighted by Crippen LogP contribution is 1.91. The van der Waals surface area contributed by atoms with Gasteiger partial charge in [-0.15, -0.1) is 13.2 Å². The molecule has 0 spiro atoms. The molecule has 0 aliphatic rings. The highest BCUT2D eigenvalue weighted by Gasteiger charge is 2.05. The molecule has 0 saturated carbocycles. The van der Waals surface area contributed by atoms with Crippen LogP contribution >= 0.6 is 0 Å². The molecule has 0 radical (unpaired) electrons. The van der Waals surface area contributed by atoms with Gasteiger partial charge in [-0.05, 0) is 0 Å². The molecule has 0 aromatic rings. The third-order valence-electron chi connectivity index (χ3n) is 0.850. The number of rotatable bonds is 4. The van der Waals surface area contributed by atoms with E-state index in [2.05, 4.69) is 17.9 Å². The standard InChI is InChI=1S/C8H10O3.C2H4O2/c1-3-5-7(9)11-8(10)6-4-2;1-2(3)4/h3-4H,1-2,5-6H2;1H3,(H,3,4). The molecule has 0 fully saturated rings. The average molecular weight is 214 g/mol. The minimum absolute atomic E-state index is 0.0584. The van der Waals surface area contributed by atoms with E-state index in [1.54, 1.807) is 0 Å². The largest absolute Gasteiger partial charge is 0.481 e. The van der Waals surface area contributed by atoms with Crippen LogP contribution in [0.1, 0.15) is 19.8 Å². The Morgan fingerprint density at radius 1 is 1.13 bits per heavy atom.